The first-order valence-corrected chi connectivity index (χ1v) is 9.81. The molecule has 2 saturated heterocycles. The van der Waals surface area contributed by atoms with Crippen LogP contribution in [0.1, 0.15) is 37.7 Å². The smallest absolute Gasteiger partial charge is 0.227 e. The highest BCUT2D eigenvalue weighted by Gasteiger charge is 2.27. The lowest BCUT2D eigenvalue weighted by Crippen LogP contribution is -2.44. The first-order valence-electron chi connectivity index (χ1n) is 9.81. The summed E-state index contributed by atoms with van der Waals surface area (Å²) in [5.41, 5.74) is 2.16. The molecule has 4 rings (SSSR count). The zero-order chi connectivity index (χ0) is 17.9. The summed E-state index contributed by atoms with van der Waals surface area (Å²) in [4.78, 5) is 32.0. The molecule has 26 heavy (non-hydrogen) atoms. The second-order valence-electron chi connectivity index (χ2n) is 7.66. The molecular formula is C21H27N3O2. The number of carbonyl (C=O) groups excluding carboxylic acids is 2. The predicted octanol–water partition coefficient (Wildman–Crippen LogP) is 2.96. The topological polar surface area (TPSA) is 56.4 Å². The first kappa shape index (κ1) is 17.1. The van der Waals surface area contributed by atoms with Crippen LogP contribution < -0.4 is 0 Å². The maximum Gasteiger partial charge on any atom is 0.227 e. The Kier molecular flexibility index (Phi) is 4.96. The minimum atomic E-state index is 0.210. The fourth-order valence-electron chi connectivity index (χ4n) is 4.28. The summed E-state index contributed by atoms with van der Waals surface area (Å²) < 4.78 is 0. The van der Waals surface area contributed by atoms with Gasteiger partial charge in [-0.1, -0.05) is 18.2 Å². The highest BCUT2D eigenvalue weighted by molar-refractivity contribution is 5.88. The number of amides is 2. The molecule has 3 heterocycles. The van der Waals surface area contributed by atoms with Crippen molar-refractivity contribution in [1.82, 2.24) is 14.8 Å². The standard InChI is InChI=1S/C21H27N3O2/c25-20-7-3-4-10-24(20)15-16-8-11-23(12-9-16)21(26)13-17-14-22-19-6-2-1-5-18(17)19/h1-2,5-6,14,16,22H,3-4,7-13,15H2. The van der Waals surface area contributed by atoms with Crippen LogP contribution in [0.2, 0.25) is 0 Å². The summed E-state index contributed by atoms with van der Waals surface area (Å²) in [5.74, 6) is 1.06. The number of aromatic amines is 1. The van der Waals surface area contributed by atoms with Crippen LogP contribution >= 0.6 is 0 Å². The van der Waals surface area contributed by atoms with Crippen molar-refractivity contribution in [3.63, 3.8) is 0 Å². The first-order chi connectivity index (χ1) is 12.7. The van der Waals surface area contributed by atoms with Crippen LogP contribution in [-0.2, 0) is 16.0 Å². The number of hydrogen-bond donors (Lipinski definition) is 1. The van der Waals surface area contributed by atoms with E-state index in [1.165, 1.54) is 0 Å². The van der Waals surface area contributed by atoms with E-state index in [9.17, 15) is 9.59 Å². The van der Waals surface area contributed by atoms with Crippen LogP contribution in [0.25, 0.3) is 10.9 Å². The number of piperidine rings is 2. The number of nitrogens with zero attached hydrogens (tertiary/aromatic N) is 2. The van der Waals surface area contributed by atoms with Gasteiger partial charge in [-0.05, 0) is 43.2 Å². The molecule has 1 N–H and O–H groups in total. The van der Waals surface area contributed by atoms with Gasteiger partial charge in [-0.3, -0.25) is 9.59 Å². The van der Waals surface area contributed by atoms with Crippen LogP contribution in [0.15, 0.2) is 30.5 Å². The molecule has 138 valence electrons. The highest BCUT2D eigenvalue weighted by Crippen LogP contribution is 2.23. The molecule has 1 aromatic carbocycles. The molecule has 0 radical (unpaired) electrons. The fourth-order valence-corrected chi connectivity index (χ4v) is 4.28. The third kappa shape index (κ3) is 3.62. The van der Waals surface area contributed by atoms with Crippen molar-refractivity contribution in [2.75, 3.05) is 26.2 Å². The van der Waals surface area contributed by atoms with E-state index in [0.717, 1.165) is 68.3 Å². The molecule has 0 aliphatic carbocycles. The van der Waals surface area contributed by atoms with Crippen molar-refractivity contribution in [2.24, 2.45) is 5.92 Å². The second-order valence-corrected chi connectivity index (χ2v) is 7.66. The average Bonchev–Trinajstić information content (AvgIpc) is 3.07. The molecule has 2 aliphatic heterocycles. The summed E-state index contributed by atoms with van der Waals surface area (Å²) >= 11 is 0. The Morgan fingerprint density at radius 3 is 2.73 bits per heavy atom. The third-order valence-corrected chi connectivity index (χ3v) is 5.88. The van der Waals surface area contributed by atoms with E-state index in [1.807, 2.05) is 34.2 Å². The molecule has 0 bridgehead atoms. The number of hydrogen-bond acceptors (Lipinski definition) is 2. The number of aromatic nitrogens is 1. The Labute approximate surface area is 154 Å². The third-order valence-electron chi connectivity index (χ3n) is 5.88. The van der Waals surface area contributed by atoms with Gasteiger partial charge in [0, 0.05) is 49.7 Å². The largest absolute Gasteiger partial charge is 0.361 e. The number of fused-ring (bicyclic) bond motifs is 1. The van der Waals surface area contributed by atoms with E-state index in [4.69, 9.17) is 0 Å². The molecule has 2 amide bonds. The number of para-hydroxylation sites is 1. The Bertz CT molecular complexity index is 789. The molecule has 5 nitrogen and oxygen atoms in total. The van der Waals surface area contributed by atoms with Crippen molar-refractivity contribution in [1.29, 1.82) is 0 Å². The van der Waals surface area contributed by atoms with Gasteiger partial charge in [0.15, 0.2) is 0 Å². The van der Waals surface area contributed by atoms with E-state index in [2.05, 4.69) is 11.1 Å². The summed E-state index contributed by atoms with van der Waals surface area (Å²) in [6, 6.07) is 8.12. The molecule has 0 unspecified atom stereocenters. The minimum absolute atomic E-state index is 0.210. The zero-order valence-electron chi connectivity index (χ0n) is 15.2. The maximum atomic E-state index is 12.7. The van der Waals surface area contributed by atoms with E-state index in [0.29, 0.717) is 24.7 Å². The molecule has 0 atom stereocenters. The monoisotopic (exact) mass is 353 g/mol. The number of nitrogens with one attached hydrogen (secondary N) is 1. The van der Waals surface area contributed by atoms with Gasteiger partial charge in [0.2, 0.25) is 11.8 Å². The quantitative estimate of drug-likeness (QED) is 0.919. The van der Waals surface area contributed by atoms with Crippen molar-refractivity contribution >= 4 is 22.7 Å². The van der Waals surface area contributed by atoms with Gasteiger partial charge in [0.05, 0.1) is 6.42 Å². The van der Waals surface area contributed by atoms with Crippen molar-refractivity contribution in [3.05, 3.63) is 36.0 Å². The molecular weight excluding hydrogens is 326 g/mol. The predicted molar refractivity (Wildman–Crippen MR) is 102 cm³/mol. The summed E-state index contributed by atoms with van der Waals surface area (Å²) in [6.07, 6.45) is 7.30. The van der Waals surface area contributed by atoms with Gasteiger partial charge in [0.25, 0.3) is 0 Å². The lowest BCUT2D eigenvalue weighted by Gasteiger charge is -2.36. The lowest BCUT2D eigenvalue weighted by molar-refractivity contribution is -0.136. The molecule has 0 spiro atoms. The van der Waals surface area contributed by atoms with Crippen molar-refractivity contribution in [2.45, 2.75) is 38.5 Å². The van der Waals surface area contributed by atoms with Crippen molar-refractivity contribution in [3.8, 4) is 0 Å². The lowest BCUT2D eigenvalue weighted by atomic mass is 9.94. The fraction of sp³-hybridized carbons (Fsp3) is 0.524. The average molecular weight is 353 g/mol. The Hall–Kier alpha value is -2.30. The number of H-pyrrole nitrogens is 1. The molecule has 2 fully saturated rings. The summed E-state index contributed by atoms with van der Waals surface area (Å²) in [6.45, 7) is 3.42. The molecule has 5 heteroatoms. The summed E-state index contributed by atoms with van der Waals surface area (Å²) in [5, 5.41) is 1.14. The van der Waals surface area contributed by atoms with Crippen LogP contribution in [0, 0.1) is 5.92 Å². The number of benzene rings is 1. The number of carbonyl (C=O) groups is 2. The zero-order valence-corrected chi connectivity index (χ0v) is 15.2. The van der Waals surface area contributed by atoms with E-state index in [1.54, 1.807) is 0 Å². The van der Waals surface area contributed by atoms with Gasteiger partial charge >= 0.3 is 0 Å². The van der Waals surface area contributed by atoms with Gasteiger partial charge in [-0.2, -0.15) is 0 Å². The maximum absolute atomic E-state index is 12.7. The Balaban J connectivity index is 1.30. The molecule has 2 aromatic rings. The SMILES string of the molecule is O=C(Cc1c[nH]c2ccccc12)N1CCC(CN2CCCCC2=O)CC1. The second kappa shape index (κ2) is 7.52. The van der Waals surface area contributed by atoms with E-state index < -0.39 is 0 Å². The van der Waals surface area contributed by atoms with E-state index >= 15 is 0 Å². The van der Waals surface area contributed by atoms with Crippen LogP contribution in [0.5, 0.6) is 0 Å². The summed E-state index contributed by atoms with van der Waals surface area (Å²) in [7, 11) is 0. The van der Waals surface area contributed by atoms with Crippen LogP contribution in [-0.4, -0.2) is 52.8 Å². The molecule has 1 aromatic heterocycles. The molecule has 2 aliphatic rings. The number of rotatable bonds is 4. The normalized spacial score (nSPS) is 19.3. The Morgan fingerprint density at radius 1 is 1.12 bits per heavy atom. The highest BCUT2D eigenvalue weighted by atomic mass is 16.2. The van der Waals surface area contributed by atoms with Crippen LogP contribution in [0.3, 0.4) is 0 Å². The molecule has 0 saturated carbocycles. The van der Waals surface area contributed by atoms with E-state index in [-0.39, 0.29) is 5.91 Å². The number of likely N-dealkylation sites (tertiary alicyclic amines) is 2. The van der Waals surface area contributed by atoms with Crippen LogP contribution in [0.4, 0.5) is 0 Å². The van der Waals surface area contributed by atoms with Gasteiger partial charge in [-0.15, -0.1) is 0 Å². The van der Waals surface area contributed by atoms with Gasteiger partial charge < -0.3 is 14.8 Å². The van der Waals surface area contributed by atoms with Gasteiger partial charge in [-0.25, -0.2) is 0 Å². The van der Waals surface area contributed by atoms with Gasteiger partial charge in [0.1, 0.15) is 0 Å². The van der Waals surface area contributed by atoms with Crippen molar-refractivity contribution < 1.29 is 9.59 Å². The Morgan fingerprint density at radius 2 is 1.92 bits per heavy atom. The minimum Gasteiger partial charge on any atom is -0.361 e.